The Morgan fingerprint density at radius 2 is 1.94 bits per heavy atom. The highest BCUT2D eigenvalue weighted by Gasteiger charge is 2.48. The van der Waals surface area contributed by atoms with Gasteiger partial charge in [-0.3, -0.25) is 0 Å². The lowest BCUT2D eigenvalue weighted by atomic mass is 9.66. The van der Waals surface area contributed by atoms with E-state index >= 15 is 0 Å². The molecule has 0 aromatic carbocycles. The summed E-state index contributed by atoms with van der Waals surface area (Å²) in [6.45, 7) is 3.76. The predicted octanol–water partition coefficient (Wildman–Crippen LogP) is 2.45. The van der Waals surface area contributed by atoms with Crippen LogP contribution in [0.5, 0.6) is 5.75 Å². The summed E-state index contributed by atoms with van der Waals surface area (Å²) in [7, 11) is 0. The lowest BCUT2D eigenvalue weighted by Crippen LogP contribution is -2.61. The van der Waals surface area contributed by atoms with Crippen molar-refractivity contribution in [1.29, 1.82) is 0 Å². The van der Waals surface area contributed by atoms with Crippen molar-refractivity contribution in [2.24, 2.45) is 17.8 Å². The van der Waals surface area contributed by atoms with Gasteiger partial charge in [-0.15, -0.1) is 0 Å². The molecular formula is C14H17ClN2O. The minimum Gasteiger partial charge on any atom is -0.488 e. The van der Waals surface area contributed by atoms with Crippen molar-refractivity contribution in [2.75, 3.05) is 19.6 Å². The fourth-order valence-electron chi connectivity index (χ4n) is 4.15. The molecule has 18 heavy (non-hydrogen) atoms. The minimum atomic E-state index is 0.390. The largest absolute Gasteiger partial charge is 0.488 e. The number of hydrogen-bond donors (Lipinski definition) is 0. The number of aromatic nitrogens is 1. The highest BCUT2D eigenvalue weighted by atomic mass is 35.5. The number of nitrogens with zero attached hydrogens (tertiary/aromatic N) is 2. The summed E-state index contributed by atoms with van der Waals surface area (Å²) in [5.74, 6) is 3.22. The van der Waals surface area contributed by atoms with Gasteiger partial charge < -0.3 is 9.64 Å². The van der Waals surface area contributed by atoms with E-state index < -0.39 is 0 Å². The van der Waals surface area contributed by atoms with Crippen molar-refractivity contribution in [3.8, 4) is 5.75 Å². The molecule has 1 aliphatic carbocycles. The fourth-order valence-corrected chi connectivity index (χ4v) is 4.26. The first kappa shape index (κ1) is 11.1. The lowest BCUT2D eigenvalue weighted by Gasteiger charge is -2.55. The molecule has 4 bridgehead atoms. The van der Waals surface area contributed by atoms with E-state index in [0.717, 1.165) is 11.7 Å². The number of hydrogen-bond acceptors (Lipinski definition) is 3. The van der Waals surface area contributed by atoms with Crippen molar-refractivity contribution in [2.45, 2.75) is 18.9 Å². The Morgan fingerprint density at radius 1 is 1.17 bits per heavy atom. The summed E-state index contributed by atoms with van der Waals surface area (Å²) in [6.07, 6.45) is 4.83. The zero-order valence-electron chi connectivity index (χ0n) is 10.3. The molecule has 4 aliphatic rings. The Kier molecular flexibility index (Phi) is 2.52. The number of rotatable bonds is 2. The molecule has 1 aromatic heterocycles. The van der Waals surface area contributed by atoms with E-state index in [-0.39, 0.29) is 0 Å². The van der Waals surface area contributed by atoms with E-state index in [1.165, 1.54) is 32.5 Å². The fraction of sp³-hybridized carbons (Fsp3) is 0.643. The molecule has 2 atom stereocenters. The van der Waals surface area contributed by atoms with Crippen LogP contribution in [-0.4, -0.2) is 35.6 Å². The SMILES string of the molecule is Clc1ccc(OC2C3CC4CC2CN(C4)C3)cn1. The zero-order valence-corrected chi connectivity index (χ0v) is 11.0. The van der Waals surface area contributed by atoms with Gasteiger partial charge >= 0.3 is 0 Å². The Labute approximate surface area is 112 Å². The summed E-state index contributed by atoms with van der Waals surface area (Å²) >= 11 is 5.80. The molecular weight excluding hydrogens is 248 g/mol. The third-order valence-corrected chi connectivity index (χ3v) is 4.90. The van der Waals surface area contributed by atoms with Crippen LogP contribution >= 0.6 is 11.6 Å². The Hall–Kier alpha value is -0.800. The standard InChI is InChI=1S/C14H17ClN2O/c15-13-2-1-12(5-16-13)18-14-10-3-9-4-11(14)8-17(6-9)7-10/h1-2,5,9-11,14H,3-4,6-8H2. The first-order chi connectivity index (χ1) is 8.78. The molecule has 96 valence electrons. The molecule has 0 radical (unpaired) electrons. The number of piperidine rings is 3. The molecule has 0 amide bonds. The Morgan fingerprint density at radius 3 is 2.56 bits per heavy atom. The van der Waals surface area contributed by atoms with E-state index in [2.05, 4.69) is 9.88 Å². The molecule has 3 saturated heterocycles. The van der Waals surface area contributed by atoms with E-state index in [0.29, 0.717) is 23.1 Å². The van der Waals surface area contributed by atoms with Crippen molar-refractivity contribution >= 4 is 11.6 Å². The molecule has 5 rings (SSSR count). The van der Waals surface area contributed by atoms with Crippen LogP contribution in [0.2, 0.25) is 5.15 Å². The normalized spacial score (nSPS) is 41.1. The Bertz CT molecular complexity index is 420. The van der Waals surface area contributed by atoms with Crippen LogP contribution in [-0.2, 0) is 0 Å². The van der Waals surface area contributed by atoms with Crippen LogP contribution < -0.4 is 4.74 Å². The van der Waals surface area contributed by atoms with Gasteiger partial charge in [0.1, 0.15) is 17.0 Å². The molecule has 2 unspecified atom stereocenters. The van der Waals surface area contributed by atoms with Gasteiger partial charge in [-0.1, -0.05) is 11.6 Å². The topological polar surface area (TPSA) is 25.4 Å². The van der Waals surface area contributed by atoms with E-state index in [9.17, 15) is 0 Å². The average molecular weight is 265 g/mol. The third kappa shape index (κ3) is 1.81. The van der Waals surface area contributed by atoms with Gasteiger partial charge in [-0.25, -0.2) is 4.98 Å². The average Bonchev–Trinajstić information content (AvgIpc) is 2.35. The summed E-state index contributed by atoms with van der Waals surface area (Å²) < 4.78 is 6.20. The van der Waals surface area contributed by atoms with Crippen LogP contribution in [0.15, 0.2) is 18.3 Å². The first-order valence-electron chi connectivity index (χ1n) is 6.78. The van der Waals surface area contributed by atoms with Gasteiger partial charge in [-0.2, -0.15) is 0 Å². The predicted molar refractivity (Wildman–Crippen MR) is 69.8 cm³/mol. The number of halogens is 1. The molecule has 3 nitrogen and oxygen atoms in total. The van der Waals surface area contributed by atoms with E-state index in [4.69, 9.17) is 16.3 Å². The van der Waals surface area contributed by atoms with Crippen LogP contribution in [0.1, 0.15) is 12.8 Å². The van der Waals surface area contributed by atoms with Crippen molar-refractivity contribution in [3.63, 3.8) is 0 Å². The van der Waals surface area contributed by atoms with Gasteiger partial charge in [-0.05, 0) is 30.9 Å². The van der Waals surface area contributed by atoms with Gasteiger partial charge in [0.05, 0.1) is 6.20 Å². The summed E-state index contributed by atoms with van der Waals surface area (Å²) in [4.78, 5) is 6.71. The maximum absolute atomic E-state index is 6.20. The van der Waals surface area contributed by atoms with Crippen LogP contribution in [0.4, 0.5) is 0 Å². The molecule has 4 fully saturated rings. The number of pyridine rings is 1. The van der Waals surface area contributed by atoms with E-state index in [1.807, 2.05) is 6.07 Å². The van der Waals surface area contributed by atoms with Crippen LogP contribution in [0.3, 0.4) is 0 Å². The van der Waals surface area contributed by atoms with E-state index in [1.54, 1.807) is 12.3 Å². The summed E-state index contributed by atoms with van der Waals surface area (Å²) in [6, 6.07) is 3.73. The maximum Gasteiger partial charge on any atom is 0.138 e. The molecule has 1 saturated carbocycles. The second-order valence-electron chi connectivity index (χ2n) is 5.98. The molecule has 0 N–H and O–H groups in total. The first-order valence-corrected chi connectivity index (χ1v) is 7.16. The smallest absolute Gasteiger partial charge is 0.138 e. The maximum atomic E-state index is 6.20. The van der Waals surface area contributed by atoms with Crippen molar-refractivity contribution in [1.82, 2.24) is 9.88 Å². The minimum absolute atomic E-state index is 0.390. The molecule has 4 heterocycles. The Balaban J connectivity index is 1.53. The highest BCUT2D eigenvalue weighted by molar-refractivity contribution is 6.29. The van der Waals surface area contributed by atoms with Crippen molar-refractivity contribution in [3.05, 3.63) is 23.5 Å². The second kappa shape index (κ2) is 4.10. The third-order valence-electron chi connectivity index (χ3n) is 4.68. The van der Waals surface area contributed by atoms with Crippen LogP contribution in [0.25, 0.3) is 0 Å². The van der Waals surface area contributed by atoms with Gasteiger partial charge in [0.25, 0.3) is 0 Å². The van der Waals surface area contributed by atoms with Gasteiger partial charge in [0, 0.05) is 31.5 Å². The molecule has 4 heteroatoms. The molecule has 1 aromatic rings. The summed E-state index contributed by atoms with van der Waals surface area (Å²) in [5, 5.41) is 0.526. The second-order valence-corrected chi connectivity index (χ2v) is 6.36. The quantitative estimate of drug-likeness (QED) is 0.768. The van der Waals surface area contributed by atoms with Gasteiger partial charge in [0.2, 0.25) is 0 Å². The molecule has 0 spiro atoms. The lowest BCUT2D eigenvalue weighted by molar-refractivity contribution is -0.0985. The van der Waals surface area contributed by atoms with Gasteiger partial charge in [0.15, 0.2) is 0 Å². The zero-order chi connectivity index (χ0) is 12.1. The molecule has 3 aliphatic heterocycles. The monoisotopic (exact) mass is 264 g/mol. The summed E-state index contributed by atoms with van der Waals surface area (Å²) in [5.41, 5.74) is 0. The van der Waals surface area contributed by atoms with Crippen molar-refractivity contribution < 1.29 is 4.74 Å². The number of ether oxygens (including phenoxy) is 1. The highest BCUT2D eigenvalue weighted by Crippen LogP contribution is 2.44. The van der Waals surface area contributed by atoms with Crippen LogP contribution in [0, 0.1) is 17.8 Å².